The van der Waals surface area contributed by atoms with Gasteiger partial charge in [-0.25, -0.2) is 4.79 Å². The number of hydrogen-bond donors (Lipinski definition) is 2. The number of aromatic carboxylic acids is 1. The van der Waals surface area contributed by atoms with Crippen LogP contribution in [0.4, 0.5) is 0 Å². The smallest absolute Gasteiger partial charge is 0.335 e. The first-order valence-corrected chi connectivity index (χ1v) is 6.09. The molecular weight excluding hydrogens is 246 g/mol. The molecule has 0 aliphatic carbocycles. The van der Waals surface area contributed by atoms with Crippen molar-refractivity contribution < 1.29 is 19.4 Å². The molecule has 0 aliphatic heterocycles. The van der Waals surface area contributed by atoms with Gasteiger partial charge in [0.15, 0.2) is 0 Å². The fraction of sp³-hybridized carbons (Fsp3) is 0.429. The molecule has 0 aliphatic rings. The SMILES string of the molecule is COC(=O)C(NCc1ccc(C(=O)O)cc1)C(C)C. The number of carboxylic acid groups (broad SMARTS) is 1. The Kier molecular flexibility index (Phi) is 5.51. The van der Waals surface area contributed by atoms with Crippen LogP contribution in [-0.2, 0) is 16.1 Å². The third kappa shape index (κ3) is 4.37. The lowest BCUT2D eigenvalue weighted by Crippen LogP contribution is -2.41. The molecule has 0 aromatic heterocycles. The molecule has 0 spiro atoms. The molecule has 0 fully saturated rings. The number of methoxy groups -OCH3 is 1. The summed E-state index contributed by atoms with van der Waals surface area (Å²) >= 11 is 0. The Morgan fingerprint density at radius 1 is 1.26 bits per heavy atom. The highest BCUT2D eigenvalue weighted by molar-refractivity contribution is 5.87. The number of nitrogens with one attached hydrogen (secondary N) is 1. The van der Waals surface area contributed by atoms with E-state index in [0.717, 1.165) is 5.56 Å². The third-order valence-electron chi connectivity index (χ3n) is 2.85. The summed E-state index contributed by atoms with van der Waals surface area (Å²) in [7, 11) is 1.36. The molecule has 1 rings (SSSR count). The van der Waals surface area contributed by atoms with Crippen molar-refractivity contribution in [3.8, 4) is 0 Å². The van der Waals surface area contributed by atoms with Crippen molar-refractivity contribution in [2.24, 2.45) is 5.92 Å². The Morgan fingerprint density at radius 2 is 1.84 bits per heavy atom. The average molecular weight is 265 g/mol. The van der Waals surface area contributed by atoms with Crippen LogP contribution in [0.15, 0.2) is 24.3 Å². The summed E-state index contributed by atoms with van der Waals surface area (Å²) < 4.78 is 4.73. The first kappa shape index (κ1) is 15.2. The lowest BCUT2D eigenvalue weighted by molar-refractivity contribution is -0.144. The van der Waals surface area contributed by atoms with E-state index >= 15 is 0 Å². The van der Waals surface area contributed by atoms with Gasteiger partial charge >= 0.3 is 11.9 Å². The molecular formula is C14H19NO4. The van der Waals surface area contributed by atoms with Crippen molar-refractivity contribution in [3.05, 3.63) is 35.4 Å². The summed E-state index contributed by atoms with van der Waals surface area (Å²) in [5.74, 6) is -1.13. The first-order chi connectivity index (χ1) is 8.95. The van der Waals surface area contributed by atoms with Crippen LogP contribution >= 0.6 is 0 Å². The van der Waals surface area contributed by atoms with Crippen molar-refractivity contribution in [1.82, 2.24) is 5.32 Å². The van der Waals surface area contributed by atoms with Crippen molar-refractivity contribution in [2.75, 3.05) is 7.11 Å². The Hall–Kier alpha value is -1.88. The molecule has 1 unspecified atom stereocenters. The normalized spacial score (nSPS) is 12.2. The van der Waals surface area contributed by atoms with Crippen LogP contribution < -0.4 is 5.32 Å². The number of carbonyl (C=O) groups is 2. The number of benzene rings is 1. The average Bonchev–Trinajstić information content (AvgIpc) is 2.38. The van der Waals surface area contributed by atoms with Crippen LogP contribution in [-0.4, -0.2) is 30.2 Å². The highest BCUT2D eigenvalue weighted by atomic mass is 16.5. The molecule has 0 heterocycles. The minimum absolute atomic E-state index is 0.116. The van der Waals surface area contributed by atoms with E-state index < -0.39 is 5.97 Å². The molecule has 0 radical (unpaired) electrons. The number of esters is 1. The fourth-order valence-corrected chi connectivity index (χ4v) is 1.71. The van der Waals surface area contributed by atoms with Gasteiger partial charge in [-0.05, 0) is 23.6 Å². The van der Waals surface area contributed by atoms with Crippen molar-refractivity contribution >= 4 is 11.9 Å². The summed E-state index contributed by atoms with van der Waals surface area (Å²) in [4.78, 5) is 22.3. The van der Waals surface area contributed by atoms with Crippen LogP contribution in [0.1, 0.15) is 29.8 Å². The van der Waals surface area contributed by atoms with E-state index in [1.165, 1.54) is 7.11 Å². The van der Waals surface area contributed by atoms with E-state index in [1.807, 2.05) is 13.8 Å². The van der Waals surface area contributed by atoms with Gasteiger partial charge < -0.3 is 15.2 Å². The predicted molar refractivity (Wildman–Crippen MR) is 70.9 cm³/mol. The van der Waals surface area contributed by atoms with Crippen LogP contribution in [0, 0.1) is 5.92 Å². The van der Waals surface area contributed by atoms with E-state index in [4.69, 9.17) is 9.84 Å². The summed E-state index contributed by atoms with van der Waals surface area (Å²) in [6.45, 7) is 4.35. The number of carboxylic acids is 1. The molecule has 5 heteroatoms. The number of hydrogen-bond acceptors (Lipinski definition) is 4. The molecule has 1 aromatic carbocycles. The van der Waals surface area contributed by atoms with E-state index in [2.05, 4.69) is 5.32 Å². The summed E-state index contributed by atoms with van der Waals surface area (Å²) in [6.07, 6.45) is 0. The predicted octanol–water partition coefficient (Wildman–Crippen LogP) is 1.67. The summed E-state index contributed by atoms with van der Waals surface area (Å²) in [6, 6.07) is 6.17. The molecule has 5 nitrogen and oxygen atoms in total. The van der Waals surface area contributed by atoms with Gasteiger partial charge in [0.1, 0.15) is 6.04 Å². The third-order valence-corrected chi connectivity index (χ3v) is 2.85. The van der Waals surface area contributed by atoms with Crippen molar-refractivity contribution in [3.63, 3.8) is 0 Å². The number of rotatable bonds is 6. The van der Waals surface area contributed by atoms with Gasteiger partial charge in [0, 0.05) is 6.54 Å². The van der Waals surface area contributed by atoms with Crippen LogP contribution in [0.2, 0.25) is 0 Å². The standard InChI is InChI=1S/C14H19NO4/c1-9(2)12(14(18)19-3)15-8-10-4-6-11(7-5-10)13(16)17/h4-7,9,12,15H,8H2,1-3H3,(H,16,17). The lowest BCUT2D eigenvalue weighted by atomic mass is 10.0. The summed E-state index contributed by atoms with van der Waals surface area (Å²) in [5, 5.41) is 11.9. The molecule has 1 aromatic rings. The van der Waals surface area contributed by atoms with Gasteiger partial charge in [-0.3, -0.25) is 4.79 Å². The molecule has 0 saturated carbocycles. The van der Waals surface area contributed by atoms with Crippen LogP contribution in [0.3, 0.4) is 0 Å². The van der Waals surface area contributed by atoms with E-state index in [9.17, 15) is 9.59 Å². The minimum Gasteiger partial charge on any atom is -0.478 e. The second-order valence-electron chi connectivity index (χ2n) is 4.63. The summed E-state index contributed by atoms with van der Waals surface area (Å²) in [5.41, 5.74) is 1.16. The van der Waals surface area contributed by atoms with E-state index in [0.29, 0.717) is 6.54 Å². The zero-order valence-electron chi connectivity index (χ0n) is 11.3. The quantitative estimate of drug-likeness (QED) is 0.765. The molecule has 1 atom stereocenters. The number of ether oxygens (including phenoxy) is 1. The van der Waals surface area contributed by atoms with E-state index in [-0.39, 0.29) is 23.5 Å². The van der Waals surface area contributed by atoms with Gasteiger partial charge in [0.2, 0.25) is 0 Å². The van der Waals surface area contributed by atoms with Gasteiger partial charge in [-0.2, -0.15) is 0 Å². The molecule has 104 valence electrons. The van der Waals surface area contributed by atoms with Gasteiger partial charge in [-0.1, -0.05) is 26.0 Å². The van der Waals surface area contributed by atoms with Crippen LogP contribution in [0.25, 0.3) is 0 Å². The highest BCUT2D eigenvalue weighted by Crippen LogP contribution is 2.08. The largest absolute Gasteiger partial charge is 0.478 e. The number of carbonyl (C=O) groups excluding carboxylic acids is 1. The Labute approximate surface area is 112 Å². The zero-order valence-corrected chi connectivity index (χ0v) is 11.3. The van der Waals surface area contributed by atoms with E-state index in [1.54, 1.807) is 24.3 Å². The fourth-order valence-electron chi connectivity index (χ4n) is 1.71. The van der Waals surface area contributed by atoms with Gasteiger partial charge in [-0.15, -0.1) is 0 Å². The molecule has 0 saturated heterocycles. The van der Waals surface area contributed by atoms with Gasteiger partial charge in [0.25, 0.3) is 0 Å². The molecule has 19 heavy (non-hydrogen) atoms. The van der Waals surface area contributed by atoms with Crippen molar-refractivity contribution in [1.29, 1.82) is 0 Å². The Balaban J connectivity index is 2.64. The maximum atomic E-state index is 11.6. The minimum atomic E-state index is -0.950. The molecule has 2 N–H and O–H groups in total. The maximum absolute atomic E-state index is 11.6. The maximum Gasteiger partial charge on any atom is 0.335 e. The highest BCUT2D eigenvalue weighted by Gasteiger charge is 2.21. The second-order valence-corrected chi connectivity index (χ2v) is 4.63. The Bertz CT molecular complexity index is 439. The monoisotopic (exact) mass is 265 g/mol. The van der Waals surface area contributed by atoms with Gasteiger partial charge in [0.05, 0.1) is 12.7 Å². The molecule has 0 amide bonds. The topological polar surface area (TPSA) is 75.6 Å². The Morgan fingerprint density at radius 3 is 2.26 bits per heavy atom. The second kappa shape index (κ2) is 6.89. The first-order valence-electron chi connectivity index (χ1n) is 6.09. The lowest BCUT2D eigenvalue weighted by Gasteiger charge is -2.19. The van der Waals surface area contributed by atoms with Crippen molar-refractivity contribution in [2.45, 2.75) is 26.4 Å². The molecule has 0 bridgehead atoms. The van der Waals surface area contributed by atoms with Crippen LogP contribution in [0.5, 0.6) is 0 Å². The zero-order chi connectivity index (χ0) is 14.4.